The van der Waals surface area contributed by atoms with Gasteiger partial charge in [0.1, 0.15) is 12.4 Å². The summed E-state index contributed by atoms with van der Waals surface area (Å²) in [4.78, 5) is 0. The van der Waals surface area contributed by atoms with Gasteiger partial charge in [0.15, 0.2) is 0 Å². The van der Waals surface area contributed by atoms with Gasteiger partial charge >= 0.3 is 0 Å². The Hall–Kier alpha value is -0.910. The minimum Gasteiger partial charge on any atom is -0.491 e. The van der Waals surface area contributed by atoms with E-state index in [2.05, 4.69) is 0 Å². The fraction of sp³-hybridized carbons (Fsp3) is 0.625. The fourth-order valence-corrected chi connectivity index (χ4v) is 4.26. The number of aliphatic hydroxyl groups is 1. The zero-order valence-corrected chi connectivity index (χ0v) is 13.2. The molecule has 1 aliphatic carbocycles. The summed E-state index contributed by atoms with van der Waals surface area (Å²) in [6.45, 7) is 0.637. The first-order valence-electron chi connectivity index (χ1n) is 7.66. The highest BCUT2D eigenvalue weighted by atomic mass is 32.2. The molecule has 0 radical (unpaired) electrons. The summed E-state index contributed by atoms with van der Waals surface area (Å²) in [7, 11) is -0.950. The summed E-state index contributed by atoms with van der Waals surface area (Å²) in [6, 6.07) is 7.51. The summed E-state index contributed by atoms with van der Waals surface area (Å²) >= 11 is 0. The number of rotatable bonds is 7. The Bertz CT molecular complexity index is 461. The van der Waals surface area contributed by atoms with Gasteiger partial charge in [-0.25, -0.2) is 0 Å². The summed E-state index contributed by atoms with van der Waals surface area (Å²) in [5.74, 6) is 1.00. The normalized spacial score (nSPS) is 19.1. The molecule has 1 fully saturated rings. The Morgan fingerprint density at radius 1 is 1.33 bits per heavy atom. The summed E-state index contributed by atoms with van der Waals surface area (Å²) in [5.41, 5.74) is 6.57. The van der Waals surface area contributed by atoms with Gasteiger partial charge in [0.05, 0.1) is 11.9 Å². The van der Waals surface area contributed by atoms with Crippen LogP contribution in [0.5, 0.6) is 5.75 Å². The number of nitrogens with two attached hydrogens (primary N) is 1. The van der Waals surface area contributed by atoms with Crippen molar-refractivity contribution < 1.29 is 14.1 Å². The first-order valence-corrected chi connectivity index (χ1v) is 9.04. The molecule has 2 atom stereocenters. The van der Waals surface area contributed by atoms with Crippen LogP contribution in [0.4, 0.5) is 0 Å². The van der Waals surface area contributed by atoms with E-state index in [1.165, 1.54) is 6.42 Å². The van der Waals surface area contributed by atoms with Crippen molar-refractivity contribution >= 4 is 10.8 Å². The highest BCUT2D eigenvalue weighted by molar-refractivity contribution is 7.85. The van der Waals surface area contributed by atoms with Crippen LogP contribution in [-0.2, 0) is 17.3 Å². The molecule has 0 heterocycles. The quantitative estimate of drug-likeness (QED) is 0.807. The maximum Gasteiger partial charge on any atom is 0.119 e. The van der Waals surface area contributed by atoms with Gasteiger partial charge in [-0.1, -0.05) is 31.4 Å². The van der Waals surface area contributed by atoms with Crippen LogP contribution in [0.2, 0.25) is 0 Å². The fourth-order valence-electron chi connectivity index (χ4n) is 2.66. The van der Waals surface area contributed by atoms with Crippen molar-refractivity contribution in [2.45, 2.75) is 50.0 Å². The number of ether oxygens (including phenoxy) is 1. The van der Waals surface area contributed by atoms with Crippen LogP contribution in [0, 0.1) is 0 Å². The van der Waals surface area contributed by atoms with Crippen molar-refractivity contribution in [1.82, 2.24) is 0 Å². The van der Waals surface area contributed by atoms with E-state index < -0.39 is 16.9 Å². The Balaban J connectivity index is 1.75. The van der Waals surface area contributed by atoms with E-state index in [-0.39, 0.29) is 11.9 Å². The van der Waals surface area contributed by atoms with Gasteiger partial charge in [0.25, 0.3) is 0 Å². The SMILES string of the molecule is NCc1cccc(OCC(O)CS(=O)C2CCCCC2)c1. The molecule has 0 amide bonds. The molecule has 1 aliphatic rings. The van der Waals surface area contributed by atoms with Crippen LogP contribution in [0.3, 0.4) is 0 Å². The van der Waals surface area contributed by atoms with Crippen LogP contribution in [0.25, 0.3) is 0 Å². The highest BCUT2D eigenvalue weighted by Gasteiger charge is 2.22. The zero-order chi connectivity index (χ0) is 15.1. The number of benzene rings is 1. The standard InChI is InChI=1S/C16H25NO3S/c17-10-13-5-4-6-15(9-13)20-11-14(18)12-21(19)16-7-2-1-3-8-16/h4-6,9,14,16,18H,1-3,7-8,10-12,17H2. The third-order valence-corrected chi connectivity index (χ3v) is 5.79. The predicted octanol–water partition coefficient (Wildman–Crippen LogP) is 1.97. The second kappa shape index (κ2) is 8.51. The Morgan fingerprint density at radius 2 is 2.10 bits per heavy atom. The molecule has 0 spiro atoms. The van der Waals surface area contributed by atoms with E-state index in [1.807, 2.05) is 24.3 Å². The Morgan fingerprint density at radius 3 is 2.81 bits per heavy atom. The predicted molar refractivity (Wildman–Crippen MR) is 85.7 cm³/mol. The van der Waals surface area contributed by atoms with Crippen molar-refractivity contribution in [2.24, 2.45) is 5.73 Å². The molecule has 21 heavy (non-hydrogen) atoms. The lowest BCUT2D eigenvalue weighted by Crippen LogP contribution is -2.30. The van der Waals surface area contributed by atoms with Gasteiger partial charge < -0.3 is 15.6 Å². The van der Waals surface area contributed by atoms with Gasteiger partial charge in [-0.15, -0.1) is 0 Å². The average molecular weight is 311 g/mol. The molecule has 0 saturated heterocycles. The van der Waals surface area contributed by atoms with Crippen LogP contribution >= 0.6 is 0 Å². The topological polar surface area (TPSA) is 72.6 Å². The van der Waals surface area contributed by atoms with E-state index >= 15 is 0 Å². The van der Waals surface area contributed by atoms with Gasteiger partial charge in [0.2, 0.25) is 0 Å². The first-order chi connectivity index (χ1) is 10.2. The van der Waals surface area contributed by atoms with Crippen LogP contribution in [-0.4, -0.2) is 33.0 Å². The van der Waals surface area contributed by atoms with E-state index in [1.54, 1.807) is 0 Å². The summed E-state index contributed by atoms with van der Waals surface area (Å²) < 4.78 is 17.8. The average Bonchev–Trinajstić information content (AvgIpc) is 2.54. The van der Waals surface area contributed by atoms with E-state index in [4.69, 9.17) is 10.5 Å². The summed E-state index contributed by atoms with van der Waals surface area (Å²) in [6.07, 6.45) is 4.94. The maximum atomic E-state index is 12.2. The molecular formula is C16H25NO3S. The van der Waals surface area contributed by atoms with Crippen LogP contribution < -0.4 is 10.5 Å². The van der Waals surface area contributed by atoms with E-state index in [0.29, 0.717) is 18.0 Å². The number of hydrogen-bond acceptors (Lipinski definition) is 4. The molecule has 0 aromatic heterocycles. The first kappa shape index (κ1) is 16.5. The minimum absolute atomic E-state index is 0.173. The molecule has 2 unspecified atom stereocenters. The second-order valence-electron chi connectivity index (χ2n) is 5.62. The van der Waals surface area contributed by atoms with Crippen molar-refractivity contribution in [3.05, 3.63) is 29.8 Å². The summed E-state index contributed by atoms with van der Waals surface area (Å²) in [5, 5.41) is 10.3. The zero-order valence-electron chi connectivity index (χ0n) is 12.4. The van der Waals surface area contributed by atoms with Gasteiger partial charge in [0, 0.05) is 22.6 Å². The highest BCUT2D eigenvalue weighted by Crippen LogP contribution is 2.22. The molecular weight excluding hydrogens is 286 g/mol. The van der Waals surface area contributed by atoms with Gasteiger partial charge in [-0.2, -0.15) is 0 Å². The molecule has 0 aliphatic heterocycles. The molecule has 3 N–H and O–H groups in total. The van der Waals surface area contributed by atoms with Crippen molar-refractivity contribution in [1.29, 1.82) is 0 Å². The molecule has 4 nitrogen and oxygen atoms in total. The maximum absolute atomic E-state index is 12.2. The third-order valence-electron chi connectivity index (χ3n) is 3.86. The minimum atomic E-state index is -0.950. The molecule has 1 aromatic carbocycles. The molecule has 1 aromatic rings. The van der Waals surface area contributed by atoms with Crippen LogP contribution in [0.1, 0.15) is 37.7 Å². The molecule has 5 heteroatoms. The molecule has 118 valence electrons. The monoisotopic (exact) mass is 311 g/mol. The second-order valence-corrected chi connectivity index (χ2v) is 7.39. The molecule has 2 rings (SSSR count). The third kappa shape index (κ3) is 5.41. The smallest absolute Gasteiger partial charge is 0.119 e. The Labute approximate surface area is 129 Å². The van der Waals surface area contributed by atoms with Crippen LogP contribution in [0.15, 0.2) is 24.3 Å². The van der Waals surface area contributed by atoms with Crippen molar-refractivity contribution in [2.75, 3.05) is 12.4 Å². The lowest BCUT2D eigenvalue weighted by Gasteiger charge is -2.22. The largest absolute Gasteiger partial charge is 0.491 e. The van der Waals surface area contributed by atoms with Crippen molar-refractivity contribution in [3.63, 3.8) is 0 Å². The number of hydrogen-bond donors (Lipinski definition) is 2. The number of aliphatic hydroxyl groups excluding tert-OH is 1. The van der Waals surface area contributed by atoms with Crippen molar-refractivity contribution in [3.8, 4) is 5.75 Å². The van der Waals surface area contributed by atoms with E-state index in [9.17, 15) is 9.32 Å². The lowest BCUT2D eigenvalue weighted by atomic mass is 10.0. The van der Waals surface area contributed by atoms with Gasteiger partial charge in [-0.05, 0) is 30.5 Å². The van der Waals surface area contributed by atoms with E-state index in [0.717, 1.165) is 31.2 Å². The van der Waals surface area contributed by atoms with Gasteiger partial charge in [-0.3, -0.25) is 4.21 Å². The lowest BCUT2D eigenvalue weighted by molar-refractivity contribution is 0.125. The Kier molecular flexibility index (Phi) is 6.67. The molecule has 1 saturated carbocycles. The molecule has 0 bridgehead atoms.